The molecule has 0 radical (unpaired) electrons. The highest BCUT2D eigenvalue weighted by molar-refractivity contribution is 5.93. The van der Waals surface area contributed by atoms with Gasteiger partial charge in [-0.1, -0.05) is 26.8 Å². The van der Waals surface area contributed by atoms with Gasteiger partial charge in [-0.25, -0.2) is 19.0 Å². The van der Waals surface area contributed by atoms with Crippen LogP contribution in [-0.4, -0.2) is 211 Å². The van der Waals surface area contributed by atoms with Crippen LogP contribution < -0.4 is 16.2 Å². The predicted molar refractivity (Wildman–Crippen MR) is 317 cm³/mol. The highest BCUT2D eigenvalue weighted by Gasteiger charge is 2.46. The maximum absolute atomic E-state index is 15.6. The van der Waals surface area contributed by atoms with Crippen molar-refractivity contribution in [1.29, 1.82) is 0 Å². The van der Waals surface area contributed by atoms with Crippen LogP contribution in [0.2, 0.25) is 0 Å². The van der Waals surface area contributed by atoms with Gasteiger partial charge in [-0.15, -0.1) is 0 Å². The number of nitrogens with one attached hydrogen (secondary N) is 2. The van der Waals surface area contributed by atoms with Crippen molar-refractivity contribution in [2.45, 2.75) is 117 Å². The molecule has 88 heavy (non-hydrogen) atoms. The van der Waals surface area contributed by atoms with Gasteiger partial charge in [0.15, 0.2) is 5.60 Å². The van der Waals surface area contributed by atoms with E-state index in [0.29, 0.717) is 195 Å². The summed E-state index contributed by atoms with van der Waals surface area (Å²) in [5.41, 5.74) is 0.544. The number of aryl methyl sites for hydroxylation is 1. The molecule has 0 bridgehead atoms. The molecule has 0 unspecified atom stereocenters. The summed E-state index contributed by atoms with van der Waals surface area (Å²) in [6.45, 7) is 17.0. The number of aliphatic hydroxyl groups is 1. The molecular weight excluding hydrogens is 1150 g/mol. The Balaban J connectivity index is 0.889. The number of nitrogens with zero attached hydrogens (tertiary/aromatic N) is 3. The Kier molecular flexibility index (Phi) is 29.5. The zero-order valence-electron chi connectivity index (χ0n) is 51.6. The minimum atomic E-state index is -2.04. The third-order valence-electron chi connectivity index (χ3n) is 15.8. The maximum Gasteiger partial charge on any atom is 0.408 e. The van der Waals surface area contributed by atoms with Gasteiger partial charge in [-0.2, -0.15) is 0 Å². The summed E-state index contributed by atoms with van der Waals surface area (Å²) >= 11 is 0. The van der Waals surface area contributed by atoms with Crippen molar-refractivity contribution in [2.24, 2.45) is 5.41 Å². The molecule has 2 amide bonds. The second kappa shape index (κ2) is 36.6. The number of carbonyl (C=O) groups is 5. The minimum Gasteiger partial charge on any atom is -0.481 e. The van der Waals surface area contributed by atoms with Crippen molar-refractivity contribution in [2.75, 3.05) is 145 Å². The lowest BCUT2D eigenvalue weighted by molar-refractivity contribution is -0.172. The number of benzene rings is 1. The highest BCUT2D eigenvalue weighted by atomic mass is 19.1. The van der Waals surface area contributed by atoms with Gasteiger partial charge in [-0.3, -0.25) is 24.1 Å². The van der Waals surface area contributed by atoms with Crippen LogP contribution in [0.1, 0.15) is 112 Å². The summed E-state index contributed by atoms with van der Waals surface area (Å²) < 4.78 is 78.6. The van der Waals surface area contributed by atoms with Crippen LogP contribution in [0.4, 0.5) is 9.18 Å². The van der Waals surface area contributed by atoms with Crippen molar-refractivity contribution in [3.8, 4) is 11.4 Å². The van der Waals surface area contributed by atoms with Gasteiger partial charge < -0.3 is 82.6 Å². The zero-order chi connectivity index (χ0) is 63.5. The number of allylic oxidation sites excluding steroid dienone is 1. The third kappa shape index (κ3) is 20.8. The average molecular weight is 1240 g/mol. The van der Waals surface area contributed by atoms with Crippen LogP contribution in [-0.2, 0) is 96.5 Å². The number of rotatable bonds is 42. The van der Waals surface area contributed by atoms with E-state index >= 15 is 4.39 Å². The molecule has 0 saturated carbocycles. The molecule has 1 aliphatic carbocycles. The van der Waals surface area contributed by atoms with Crippen LogP contribution >= 0.6 is 0 Å². The van der Waals surface area contributed by atoms with E-state index in [2.05, 4.69) is 15.5 Å². The first-order chi connectivity index (χ1) is 42.4. The molecule has 0 spiro atoms. The molecule has 490 valence electrons. The summed E-state index contributed by atoms with van der Waals surface area (Å²) in [4.78, 5) is 82.8. The summed E-state index contributed by atoms with van der Waals surface area (Å²) in [7, 11) is 0. The lowest BCUT2D eigenvalue weighted by Crippen LogP contribution is -2.44. The van der Waals surface area contributed by atoms with Crippen molar-refractivity contribution in [1.82, 2.24) is 25.1 Å². The van der Waals surface area contributed by atoms with Gasteiger partial charge in [0, 0.05) is 54.2 Å². The fourth-order valence-corrected chi connectivity index (χ4v) is 10.7. The summed E-state index contributed by atoms with van der Waals surface area (Å²) in [5, 5.41) is 35.5. The Morgan fingerprint density at radius 2 is 1.31 bits per heavy atom. The highest BCUT2D eigenvalue weighted by Crippen LogP contribution is 2.43. The van der Waals surface area contributed by atoms with E-state index < -0.39 is 58.5 Å². The Bertz CT molecular complexity index is 2840. The molecule has 2 aromatic heterocycles. The molecule has 6 rings (SSSR count). The maximum atomic E-state index is 15.6. The molecule has 26 heteroatoms. The molecule has 3 aliphatic rings. The van der Waals surface area contributed by atoms with E-state index in [1.807, 2.05) is 26.0 Å². The lowest BCUT2D eigenvalue weighted by Gasteiger charge is -2.31. The van der Waals surface area contributed by atoms with E-state index in [9.17, 15) is 33.9 Å². The molecule has 5 N–H and O–H groups in total. The fourth-order valence-electron chi connectivity index (χ4n) is 10.7. The second-order valence-corrected chi connectivity index (χ2v) is 21.9. The second-order valence-electron chi connectivity index (χ2n) is 21.9. The number of halogens is 1. The SMILES string of the molecule is CCc1c(C)c(F)cc2nc3c(c([C@H](C)NC(=O)O[C@H]4/C=C/CC[C@@](C)(C(=O)NCCOCCOCCOCCN(CCOCCOCCOCCC(=O)O)CCOCCOCCOCCC(=O)O)CC4)c12)Cn1c-3cc2c(c1=O)COC(=O)[C@]2(O)CC. The predicted octanol–water partition coefficient (Wildman–Crippen LogP) is 4.90. The number of ether oxygens (including phenoxy) is 11. The number of cyclic esters (lactones) is 1. The number of amides is 2. The van der Waals surface area contributed by atoms with Gasteiger partial charge in [0.25, 0.3) is 5.56 Å². The van der Waals surface area contributed by atoms with E-state index in [0.717, 1.165) is 0 Å². The number of carboxylic acid groups (broad SMARTS) is 2. The number of esters is 1. The average Bonchev–Trinajstić information content (AvgIpc) is 2.81. The number of aromatic nitrogens is 2. The van der Waals surface area contributed by atoms with E-state index in [1.54, 1.807) is 26.8 Å². The monoisotopic (exact) mass is 1240 g/mol. The van der Waals surface area contributed by atoms with Gasteiger partial charge in [0.05, 0.1) is 167 Å². The van der Waals surface area contributed by atoms with E-state index in [1.165, 1.54) is 10.6 Å². The van der Waals surface area contributed by atoms with Crippen molar-refractivity contribution < 1.29 is 95.8 Å². The van der Waals surface area contributed by atoms with Gasteiger partial charge >= 0.3 is 24.0 Å². The summed E-state index contributed by atoms with van der Waals surface area (Å²) in [6, 6.07) is 2.22. The Labute approximate surface area is 512 Å². The number of fused-ring (bicyclic) bond motifs is 5. The fraction of sp³-hybridized carbons (Fsp3) is 0.661. The number of pyridine rings is 2. The summed E-state index contributed by atoms with van der Waals surface area (Å²) in [5.74, 6) is -3.26. The van der Waals surface area contributed by atoms with Crippen LogP contribution in [0, 0.1) is 18.2 Å². The molecule has 2 aliphatic heterocycles. The van der Waals surface area contributed by atoms with Crippen molar-refractivity contribution in [3.05, 3.63) is 73.8 Å². The molecule has 0 saturated heterocycles. The van der Waals surface area contributed by atoms with Gasteiger partial charge in [0.2, 0.25) is 5.91 Å². The Morgan fingerprint density at radius 1 is 0.773 bits per heavy atom. The molecule has 1 aromatic carbocycles. The van der Waals surface area contributed by atoms with Crippen molar-refractivity contribution >= 4 is 40.8 Å². The molecule has 4 atom stereocenters. The Hall–Kier alpha value is -6.04. The lowest BCUT2D eigenvalue weighted by atomic mass is 9.78. The van der Waals surface area contributed by atoms with Crippen LogP contribution in [0.5, 0.6) is 0 Å². The van der Waals surface area contributed by atoms with E-state index in [-0.39, 0.29) is 75.8 Å². The number of alkyl carbamates (subject to hydrolysis) is 1. The third-order valence-corrected chi connectivity index (χ3v) is 15.8. The quantitative estimate of drug-likeness (QED) is 0.0224. The number of aliphatic carboxylic acids is 2. The summed E-state index contributed by atoms with van der Waals surface area (Å²) in [6.07, 6.45) is 4.68. The first-order valence-corrected chi connectivity index (χ1v) is 30.5. The first-order valence-electron chi connectivity index (χ1n) is 30.5. The smallest absolute Gasteiger partial charge is 0.408 e. The topological polar surface area (TPSA) is 310 Å². The van der Waals surface area contributed by atoms with Gasteiger partial charge in [-0.05, 0) is 81.2 Å². The molecule has 25 nitrogen and oxygen atoms in total. The minimum absolute atomic E-state index is 0.0307. The largest absolute Gasteiger partial charge is 0.481 e. The first kappa shape index (κ1) is 71.0. The normalized spacial score (nSPS) is 18.7. The zero-order valence-corrected chi connectivity index (χ0v) is 51.6. The standard InChI is InChI=1S/C62H90FN5O20/c1-6-45-42(3)49(63)39-50-55(45)54(46-40-68-51(56(46)66-50)38-48-47(57(68)73)41-87-59(75)62(48,77)7-2)43(4)65-60(76)88-44-10-8-9-14-61(5,15-11-44)58(74)64-16-22-80-28-34-86-37-31-83-25-19-67(17-23-81-29-35-84-32-26-78-20-12-52(69)70)18-24-82-30-36-85-33-27-79-21-13-53(71)72/h8,10,38-39,43-44,77H,6-7,9,11-37,40-41H2,1-5H3,(H,64,74)(H,65,76)(H,69,70)(H,71,72)/b10-8+/t43-,44-,61+,62-/m0/s1. The van der Waals surface area contributed by atoms with E-state index in [4.69, 9.17) is 67.3 Å². The molecular formula is C62H90FN5O20. The number of carbonyl (C=O) groups excluding carboxylic acids is 3. The molecule has 4 heterocycles. The van der Waals surface area contributed by atoms with Crippen LogP contribution in [0.3, 0.4) is 0 Å². The Morgan fingerprint density at radius 3 is 1.84 bits per heavy atom. The molecule has 3 aromatic rings. The number of hydrogen-bond acceptors (Lipinski definition) is 20. The molecule has 0 fully saturated rings. The van der Waals surface area contributed by atoms with Gasteiger partial charge in [0.1, 0.15) is 18.5 Å². The van der Waals surface area contributed by atoms with Crippen LogP contribution in [0.15, 0.2) is 29.1 Å². The number of hydrogen-bond donors (Lipinski definition) is 5. The number of carboxylic acids is 2. The van der Waals surface area contributed by atoms with Crippen molar-refractivity contribution in [3.63, 3.8) is 0 Å². The van der Waals surface area contributed by atoms with Crippen LogP contribution in [0.25, 0.3) is 22.3 Å².